The highest BCUT2D eigenvalue weighted by molar-refractivity contribution is 6.17. The second-order valence-corrected chi connectivity index (χ2v) is 5.30. The molecule has 98 valence electrons. The van der Waals surface area contributed by atoms with Crippen molar-refractivity contribution in [3.8, 4) is 11.5 Å². The van der Waals surface area contributed by atoms with Crippen LogP contribution in [-0.2, 0) is 10.2 Å². The Hall–Kier alpha value is -0.930. The molecule has 0 atom stereocenters. The number of hydrogen-bond donors (Lipinski definition) is 0. The van der Waals surface area contributed by atoms with Gasteiger partial charge in [-0.1, -0.05) is 6.07 Å². The van der Waals surface area contributed by atoms with Crippen LogP contribution in [0.2, 0.25) is 0 Å². The number of rotatable bonds is 3. The van der Waals surface area contributed by atoms with E-state index in [4.69, 9.17) is 25.8 Å². The van der Waals surface area contributed by atoms with Crippen LogP contribution in [0.15, 0.2) is 18.2 Å². The van der Waals surface area contributed by atoms with Crippen LogP contribution in [0.25, 0.3) is 0 Å². The van der Waals surface area contributed by atoms with Gasteiger partial charge in [0.1, 0.15) is 0 Å². The summed E-state index contributed by atoms with van der Waals surface area (Å²) in [6.45, 7) is 2.94. The number of benzene rings is 1. The molecular weight excluding hydrogens is 252 g/mol. The van der Waals surface area contributed by atoms with Gasteiger partial charge in [0.25, 0.3) is 0 Å². The number of ether oxygens (including phenoxy) is 3. The van der Waals surface area contributed by atoms with Crippen molar-refractivity contribution in [3.05, 3.63) is 23.8 Å². The van der Waals surface area contributed by atoms with Gasteiger partial charge in [-0.05, 0) is 24.1 Å². The lowest BCUT2D eigenvalue weighted by Gasteiger charge is -2.42. The van der Waals surface area contributed by atoms with Gasteiger partial charge in [-0.25, -0.2) is 0 Å². The molecule has 0 amide bonds. The van der Waals surface area contributed by atoms with Gasteiger partial charge in [-0.15, -0.1) is 11.6 Å². The lowest BCUT2D eigenvalue weighted by Crippen LogP contribution is -2.47. The van der Waals surface area contributed by atoms with Gasteiger partial charge in [-0.3, -0.25) is 0 Å². The summed E-state index contributed by atoms with van der Waals surface area (Å²) >= 11 is 5.91. The first-order valence-corrected chi connectivity index (χ1v) is 6.91. The molecule has 0 N–H and O–H groups in total. The molecule has 3 nitrogen and oxygen atoms in total. The van der Waals surface area contributed by atoms with Gasteiger partial charge in [0, 0.05) is 17.7 Å². The normalized spacial score (nSPS) is 20.9. The summed E-state index contributed by atoms with van der Waals surface area (Å²) in [4.78, 5) is 0. The first kappa shape index (κ1) is 12.1. The Labute approximate surface area is 112 Å². The van der Waals surface area contributed by atoms with Crippen molar-refractivity contribution in [2.75, 3.05) is 32.3 Å². The second-order valence-electron chi connectivity index (χ2n) is 4.92. The van der Waals surface area contributed by atoms with E-state index < -0.39 is 0 Å². The maximum atomic E-state index is 5.91. The molecule has 1 aromatic carbocycles. The quantitative estimate of drug-likeness (QED) is 0.789. The van der Waals surface area contributed by atoms with Crippen LogP contribution in [0.1, 0.15) is 18.4 Å². The fourth-order valence-electron chi connectivity index (χ4n) is 2.48. The Morgan fingerprint density at radius 1 is 1.11 bits per heavy atom. The van der Waals surface area contributed by atoms with Crippen LogP contribution in [0.3, 0.4) is 0 Å². The van der Waals surface area contributed by atoms with Crippen molar-refractivity contribution in [1.82, 2.24) is 0 Å². The molecule has 2 aliphatic heterocycles. The standard InChI is InChI=1S/C14H17ClO3/c15-5-4-14(9-16-10-14)11-2-3-12-13(8-11)18-7-1-6-17-12/h2-3,8H,1,4-7,9-10H2. The lowest BCUT2D eigenvalue weighted by molar-refractivity contribution is -0.0616. The molecule has 2 heterocycles. The number of fused-ring (bicyclic) bond motifs is 1. The first-order chi connectivity index (χ1) is 8.84. The van der Waals surface area contributed by atoms with Crippen molar-refractivity contribution in [2.45, 2.75) is 18.3 Å². The van der Waals surface area contributed by atoms with E-state index in [1.807, 2.05) is 6.07 Å². The van der Waals surface area contributed by atoms with Crippen LogP contribution in [0.5, 0.6) is 11.5 Å². The summed E-state index contributed by atoms with van der Waals surface area (Å²) in [6, 6.07) is 6.21. The SMILES string of the molecule is ClCCC1(c2ccc3c(c2)OCCCO3)COC1. The van der Waals surface area contributed by atoms with Crippen molar-refractivity contribution in [3.63, 3.8) is 0 Å². The largest absolute Gasteiger partial charge is 0.490 e. The average molecular weight is 269 g/mol. The molecule has 4 heteroatoms. The fraction of sp³-hybridized carbons (Fsp3) is 0.571. The maximum absolute atomic E-state index is 5.91. The Bertz CT molecular complexity index is 429. The summed E-state index contributed by atoms with van der Waals surface area (Å²) in [5.74, 6) is 2.35. The summed E-state index contributed by atoms with van der Waals surface area (Å²) < 4.78 is 16.8. The number of hydrogen-bond acceptors (Lipinski definition) is 3. The summed E-state index contributed by atoms with van der Waals surface area (Å²) in [5, 5.41) is 0. The molecule has 18 heavy (non-hydrogen) atoms. The Morgan fingerprint density at radius 2 is 1.89 bits per heavy atom. The number of alkyl halides is 1. The van der Waals surface area contributed by atoms with Crippen molar-refractivity contribution in [2.24, 2.45) is 0 Å². The molecule has 0 radical (unpaired) electrons. The molecule has 2 aliphatic rings. The van der Waals surface area contributed by atoms with Crippen molar-refractivity contribution in [1.29, 1.82) is 0 Å². The maximum Gasteiger partial charge on any atom is 0.161 e. The zero-order valence-electron chi connectivity index (χ0n) is 10.3. The Balaban J connectivity index is 1.91. The molecule has 0 saturated carbocycles. The third-order valence-electron chi connectivity index (χ3n) is 3.69. The minimum atomic E-state index is 0.0758. The topological polar surface area (TPSA) is 27.7 Å². The Kier molecular flexibility index (Phi) is 3.35. The summed E-state index contributed by atoms with van der Waals surface area (Å²) in [6.07, 6.45) is 1.87. The van der Waals surface area contributed by atoms with Gasteiger partial charge >= 0.3 is 0 Å². The highest BCUT2D eigenvalue weighted by Crippen LogP contribution is 2.40. The van der Waals surface area contributed by atoms with Crippen molar-refractivity contribution < 1.29 is 14.2 Å². The van der Waals surface area contributed by atoms with Gasteiger partial charge < -0.3 is 14.2 Å². The van der Waals surface area contributed by atoms with Crippen LogP contribution >= 0.6 is 11.6 Å². The van der Waals surface area contributed by atoms with Crippen molar-refractivity contribution >= 4 is 11.6 Å². The highest BCUT2D eigenvalue weighted by Gasteiger charge is 2.40. The van der Waals surface area contributed by atoms with E-state index in [0.29, 0.717) is 5.88 Å². The highest BCUT2D eigenvalue weighted by atomic mass is 35.5. The summed E-state index contributed by atoms with van der Waals surface area (Å²) in [5.41, 5.74) is 1.32. The van der Waals surface area contributed by atoms with Crippen LogP contribution < -0.4 is 9.47 Å². The van der Waals surface area contributed by atoms with E-state index in [-0.39, 0.29) is 5.41 Å². The minimum Gasteiger partial charge on any atom is -0.490 e. The Morgan fingerprint density at radius 3 is 2.56 bits per heavy atom. The zero-order chi connectivity index (χ0) is 12.4. The van der Waals surface area contributed by atoms with Crippen LogP contribution in [0.4, 0.5) is 0 Å². The number of halogens is 1. The lowest BCUT2D eigenvalue weighted by atomic mass is 9.76. The van der Waals surface area contributed by atoms with E-state index in [1.165, 1.54) is 5.56 Å². The smallest absolute Gasteiger partial charge is 0.161 e. The average Bonchev–Trinajstić information content (AvgIpc) is 2.58. The van der Waals surface area contributed by atoms with Gasteiger partial charge in [-0.2, -0.15) is 0 Å². The van der Waals surface area contributed by atoms with Gasteiger partial charge in [0.05, 0.1) is 26.4 Å². The third-order valence-corrected chi connectivity index (χ3v) is 3.88. The van der Waals surface area contributed by atoms with E-state index in [0.717, 1.165) is 50.8 Å². The molecule has 3 rings (SSSR count). The molecular formula is C14H17ClO3. The fourth-order valence-corrected chi connectivity index (χ4v) is 2.84. The third kappa shape index (κ3) is 2.06. The van der Waals surface area contributed by atoms with Gasteiger partial charge in [0.15, 0.2) is 11.5 Å². The molecule has 0 bridgehead atoms. The summed E-state index contributed by atoms with van der Waals surface area (Å²) in [7, 11) is 0. The van der Waals surface area contributed by atoms with Crippen LogP contribution in [0, 0.1) is 0 Å². The molecule has 0 aliphatic carbocycles. The second kappa shape index (κ2) is 4.98. The predicted octanol–water partition coefficient (Wildman–Crippen LogP) is 2.74. The van der Waals surface area contributed by atoms with E-state index in [2.05, 4.69) is 12.1 Å². The molecule has 0 unspecified atom stereocenters. The molecule has 1 aromatic rings. The molecule has 1 saturated heterocycles. The van der Waals surface area contributed by atoms with E-state index in [1.54, 1.807) is 0 Å². The zero-order valence-corrected chi connectivity index (χ0v) is 11.0. The van der Waals surface area contributed by atoms with E-state index in [9.17, 15) is 0 Å². The molecule has 0 aromatic heterocycles. The first-order valence-electron chi connectivity index (χ1n) is 6.38. The molecule has 0 spiro atoms. The monoisotopic (exact) mass is 268 g/mol. The minimum absolute atomic E-state index is 0.0758. The van der Waals surface area contributed by atoms with Gasteiger partial charge in [0.2, 0.25) is 0 Å². The van der Waals surface area contributed by atoms with E-state index >= 15 is 0 Å². The van der Waals surface area contributed by atoms with Crippen LogP contribution in [-0.4, -0.2) is 32.3 Å². The molecule has 1 fully saturated rings. The predicted molar refractivity (Wildman–Crippen MR) is 69.9 cm³/mol.